The molecule has 0 spiro atoms. The number of aliphatic hydroxyl groups is 2. The number of rotatable bonds is 4. The average molecular weight is 481 g/mol. The highest BCUT2D eigenvalue weighted by Gasteiger charge is 2.37. The monoisotopic (exact) mass is 480 g/mol. The molecule has 2 aliphatic rings. The molecule has 1 aliphatic carbocycles. The van der Waals surface area contributed by atoms with Crippen molar-refractivity contribution in [3.63, 3.8) is 0 Å². The van der Waals surface area contributed by atoms with Gasteiger partial charge in [0.25, 0.3) is 0 Å². The molecule has 4 heterocycles. The third-order valence-corrected chi connectivity index (χ3v) is 7.94. The maximum absolute atomic E-state index is 13.0. The number of fused-ring (bicyclic) bond motifs is 4. The van der Waals surface area contributed by atoms with Crippen molar-refractivity contribution in [2.45, 2.75) is 31.5 Å². The first-order valence-electron chi connectivity index (χ1n) is 11.2. The number of amides is 1. The summed E-state index contributed by atoms with van der Waals surface area (Å²) in [4.78, 5) is 25.7. The van der Waals surface area contributed by atoms with Crippen molar-refractivity contribution in [1.29, 1.82) is 0 Å². The lowest BCUT2D eigenvalue weighted by Gasteiger charge is -2.26. The number of methoxy groups -OCH3 is 1. The lowest BCUT2D eigenvalue weighted by Crippen LogP contribution is -2.37. The minimum atomic E-state index is -0.866. The van der Waals surface area contributed by atoms with Crippen molar-refractivity contribution in [1.82, 2.24) is 25.1 Å². The zero-order valence-corrected chi connectivity index (χ0v) is 19.3. The van der Waals surface area contributed by atoms with E-state index >= 15 is 0 Å². The first-order chi connectivity index (χ1) is 16.5. The Bertz CT molecular complexity index is 1390. The Morgan fingerprint density at radius 3 is 2.88 bits per heavy atom. The second kappa shape index (κ2) is 8.19. The Labute approximate surface area is 198 Å². The number of aliphatic hydroxyl groups excluding tert-OH is 2. The van der Waals surface area contributed by atoms with Crippen LogP contribution in [0.25, 0.3) is 21.1 Å². The highest BCUT2D eigenvalue weighted by molar-refractivity contribution is 7.19. The molecule has 6 rings (SSSR count). The molecule has 4 aromatic rings. The molecule has 1 aliphatic heterocycles. The van der Waals surface area contributed by atoms with Crippen LogP contribution in [0, 0.1) is 5.92 Å². The van der Waals surface area contributed by atoms with Crippen molar-refractivity contribution in [2.75, 3.05) is 25.5 Å². The topological polar surface area (TPSA) is 136 Å². The van der Waals surface area contributed by atoms with E-state index in [1.165, 1.54) is 5.56 Å². The second-order valence-corrected chi connectivity index (χ2v) is 9.94. The highest BCUT2D eigenvalue weighted by atomic mass is 32.1. The summed E-state index contributed by atoms with van der Waals surface area (Å²) in [6, 6.07) is 3.87. The number of hydrogen-bond donors (Lipinski definition) is 4. The molecular weight excluding hydrogens is 456 g/mol. The lowest BCUT2D eigenvalue weighted by atomic mass is 9.87. The molecular formula is C23H24N6O4S. The van der Waals surface area contributed by atoms with Crippen molar-refractivity contribution in [3.05, 3.63) is 35.1 Å². The first-order valence-corrected chi connectivity index (χ1v) is 12.0. The number of likely N-dealkylation sites (tertiary alicyclic amines) is 1. The number of β-amino-alcohol motifs (C(OH)–C–C–N with tert-alkyl or cyclic N) is 2. The summed E-state index contributed by atoms with van der Waals surface area (Å²) in [5.74, 6) is 1.22. The zero-order valence-electron chi connectivity index (χ0n) is 18.5. The van der Waals surface area contributed by atoms with Gasteiger partial charge in [0, 0.05) is 35.3 Å². The number of nitrogens with zero attached hydrogens (tertiary/aromatic N) is 4. The summed E-state index contributed by atoms with van der Waals surface area (Å²) in [5.41, 5.74) is 2.85. The van der Waals surface area contributed by atoms with Gasteiger partial charge in [-0.3, -0.25) is 9.89 Å². The van der Waals surface area contributed by atoms with Gasteiger partial charge in [0.15, 0.2) is 0 Å². The van der Waals surface area contributed by atoms with Gasteiger partial charge in [-0.1, -0.05) is 0 Å². The van der Waals surface area contributed by atoms with Crippen molar-refractivity contribution in [2.24, 2.45) is 5.92 Å². The van der Waals surface area contributed by atoms with E-state index in [4.69, 9.17) is 4.74 Å². The number of carbonyl (C=O) groups is 1. The third kappa shape index (κ3) is 3.47. The quantitative estimate of drug-likeness (QED) is 0.348. The van der Waals surface area contributed by atoms with E-state index in [1.54, 1.807) is 35.9 Å². The van der Waals surface area contributed by atoms with E-state index in [0.717, 1.165) is 38.1 Å². The van der Waals surface area contributed by atoms with E-state index in [9.17, 15) is 15.0 Å². The van der Waals surface area contributed by atoms with Gasteiger partial charge in [0.05, 0.1) is 42.1 Å². The van der Waals surface area contributed by atoms with E-state index in [1.807, 2.05) is 12.1 Å². The SMILES string of the molecule is COc1cc2[nH]ncc2cc1Nc1ncnc2sc3c(c12)CCC(C(=O)N1C[C@@H](O)[C@H](O)C1)C3. The number of aromatic amines is 1. The van der Waals surface area contributed by atoms with Gasteiger partial charge in [-0.15, -0.1) is 11.3 Å². The van der Waals surface area contributed by atoms with Crippen molar-refractivity contribution in [3.8, 4) is 5.75 Å². The third-order valence-electron chi connectivity index (χ3n) is 6.78. The molecule has 1 aromatic carbocycles. The zero-order chi connectivity index (χ0) is 23.4. The molecule has 4 N–H and O–H groups in total. The predicted molar refractivity (Wildman–Crippen MR) is 127 cm³/mol. The van der Waals surface area contributed by atoms with Crippen LogP contribution in [0.2, 0.25) is 0 Å². The average Bonchev–Trinajstić information content (AvgIpc) is 3.54. The number of ether oxygens (including phenoxy) is 1. The lowest BCUT2D eigenvalue weighted by molar-refractivity contribution is -0.135. The van der Waals surface area contributed by atoms with E-state index in [2.05, 4.69) is 25.5 Å². The summed E-state index contributed by atoms with van der Waals surface area (Å²) in [5, 5.41) is 32.1. The Kier molecular flexibility index (Phi) is 5.12. The predicted octanol–water partition coefficient (Wildman–Crippen LogP) is 1.99. The minimum absolute atomic E-state index is 0.00119. The fraction of sp³-hybridized carbons (Fsp3) is 0.391. The molecule has 3 atom stereocenters. The molecule has 10 nitrogen and oxygen atoms in total. The molecule has 1 fully saturated rings. The number of hydrogen-bond acceptors (Lipinski definition) is 9. The smallest absolute Gasteiger partial charge is 0.226 e. The maximum Gasteiger partial charge on any atom is 0.226 e. The van der Waals surface area contributed by atoms with Gasteiger partial charge in [0.2, 0.25) is 5.91 Å². The Morgan fingerprint density at radius 2 is 2.09 bits per heavy atom. The normalized spacial score (nSPS) is 22.3. The molecule has 0 radical (unpaired) electrons. The molecule has 176 valence electrons. The number of benzene rings is 1. The Morgan fingerprint density at radius 1 is 1.26 bits per heavy atom. The van der Waals surface area contributed by atoms with Crippen molar-refractivity contribution < 1.29 is 19.7 Å². The molecule has 34 heavy (non-hydrogen) atoms. The standard InChI is InChI=1S/C23H24N6O4S/c1-33-18-6-14-12(7-26-28-14)4-15(18)27-21-20-13-3-2-11(5-19(13)34-22(20)25-10-24-21)23(32)29-8-16(30)17(31)9-29/h4,6-7,10-11,16-17,30-31H,2-3,5,8-9H2,1H3,(H,26,28)(H,24,25,27)/t11?,16-,17-/m1/s1. The Balaban J connectivity index is 1.31. The number of aryl methyl sites for hydroxylation is 1. The summed E-state index contributed by atoms with van der Waals surface area (Å²) < 4.78 is 5.58. The largest absolute Gasteiger partial charge is 0.494 e. The molecule has 0 bridgehead atoms. The molecule has 1 amide bonds. The number of nitrogens with one attached hydrogen (secondary N) is 2. The molecule has 1 unspecified atom stereocenters. The van der Waals surface area contributed by atoms with Crippen LogP contribution >= 0.6 is 11.3 Å². The van der Waals surface area contributed by atoms with Crippen molar-refractivity contribution >= 4 is 49.9 Å². The van der Waals surface area contributed by atoms with E-state index in [0.29, 0.717) is 24.4 Å². The Hall–Kier alpha value is -3.28. The van der Waals surface area contributed by atoms with Crippen LogP contribution in [0.5, 0.6) is 5.75 Å². The number of anilines is 2. The van der Waals surface area contributed by atoms with Crippen LogP contribution in [-0.4, -0.2) is 73.6 Å². The highest BCUT2D eigenvalue weighted by Crippen LogP contribution is 2.42. The van der Waals surface area contributed by atoms with Gasteiger partial charge >= 0.3 is 0 Å². The van der Waals surface area contributed by atoms with Gasteiger partial charge in [0.1, 0.15) is 22.7 Å². The molecule has 0 saturated carbocycles. The van der Waals surface area contributed by atoms with Gasteiger partial charge < -0.3 is 25.2 Å². The van der Waals surface area contributed by atoms with Crippen LogP contribution in [0.4, 0.5) is 11.5 Å². The van der Waals surface area contributed by atoms with Crippen LogP contribution in [0.1, 0.15) is 16.9 Å². The van der Waals surface area contributed by atoms with Crippen LogP contribution < -0.4 is 10.1 Å². The number of H-pyrrole nitrogens is 1. The van der Waals surface area contributed by atoms with E-state index in [-0.39, 0.29) is 24.9 Å². The molecule has 3 aromatic heterocycles. The van der Waals surface area contributed by atoms with Gasteiger partial charge in [-0.2, -0.15) is 5.10 Å². The number of thiophene rings is 1. The fourth-order valence-electron chi connectivity index (χ4n) is 4.99. The van der Waals surface area contributed by atoms with E-state index < -0.39 is 12.2 Å². The summed E-state index contributed by atoms with van der Waals surface area (Å²) in [7, 11) is 1.63. The van der Waals surface area contributed by atoms with Crippen LogP contribution in [0.15, 0.2) is 24.7 Å². The second-order valence-electron chi connectivity index (χ2n) is 8.86. The van der Waals surface area contributed by atoms with Gasteiger partial charge in [-0.25, -0.2) is 9.97 Å². The summed E-state index contributed by atoms with van der Waals surface area (Å²) in [6.45, 7) is 0.385. The summed E-state index contributed by atoms with van der Waals surface area (Å²) >= 11 is 1.60. The van der Waals surface area contributed by atoms with Crippen LogP contribution in [0.3, 0.4) is 0 Å². The van der Waals surface area contributed by atoms with Gasteiger partial charge in [-0.05, 0) is 30.9 Å². The minimum Gasteiger partial charge on any atom is -0.494 e. The fourth-order valence-corrected chi connectivity index (χ4v) is 6.26. The number of aromatic nitrogens is 4. The summed E-state index contributed by atoms with van der Waals surface area (Å²) in [6.07, 6.45) is 3.65. The first kappa shape index (κ1) is 21.3. The van der Waals surface area contributed by atoms with Crippen LogP contribution in [-0.2, 0) is 17.6 Å². The molecule has 1 saturated heterocycles. The maximum atomic E-state index is 13.0. The molecule has 11 heteroatoms. The number of carbonyl (C=O) groups excluding carboxylic acids is 1.